The van der Waals surface area contributed by atoms with Crippen molar-refractivity contribution in [2.75, 3.05) is 0 Å². The molecule has 0 radical (unpaired) electrons. The van der Waals surface area contributed by atoms with Gasteiger partial charge in [0.15, 0.2) is 0 Å². The molecule has 1 aliphatic heterocycles. The summed E-state index contributed by atoms with van der Waals surface area (Å²) in [5.41, 5.74) is 4.12. The Balaban J connectivity index is 2.25. The first-order valence-electron chi connectivity index (χ1n) is 6.11. The summed E-state index contributed by atoms with van der Waals surface area (Å²) < 4.78 is 0. The average molecular weight is 234 g/mol. The molecule has 2 aliphatic rings. The molecule has 0 spiro atoms. The van der Waals surface area contributed by atoms with E-state index in [1.165, 1.54) is 0 Å². The van der Waals surface area contributed by atoms with Gasteiger partial charge in [-0.25, -0.2) is 0 Å². The van der Waals surface area contributed by atoms with Crippen LogP contribution in [0.2, 0.25) is 0 Å². The lowest BCUT2D eigenvalue weighted by atomic mass is 10.0. The lowest BCUT2D eigenvalue weighted by molar-refractivity contribution is 1.03. The van der Waals surface area contributed by atoms with E-state index in [0.29, 0.717) is 5.92 Å². The summed E-state index contributed by atoms with van der Waals surface area (Å²) in [4.78, 5) is 9.10. The molecule has 2 nitrogen and oxygen atoms in total. The van der Waals surface area contributed by atoms with Gasteiger partial charge in [-0.2, -0.15) is 0 Å². The average Bonchev–Trinajstić information content (AvgIpc) is 2.55. The Kier molecular flexibility index (Phi) is 2.77. The molecule has 0 saturated carbocycles. The minimum atomic E-state index is 0.353. The largest absolute Gasteiger partial charge is 0.258 e. The van der Waals surface area contributed by atoms with Crippen LogP contribution in [0.4, 0.5) is 0 Å². The van der Waals surface area contributed by atoms with E-state index in [9.17, 15) is 0 Å². The summed E-state index contributed by atoms with van der Waals surface area (Å²) >= 11 is 0. The summed E-state index contributed by atoms with van der Waals surface area (Å²) in [5, 5.41) is 0. The Morgan fingerprint density at radius 1 is 1.11 bits per heavy atom. The second kappa shape index (κ2) is 4.57. The molecular weight excluding hydrogens is 220 g/mol. The van der Waals surface area contributed by atoms with Gasteiger partial charge in [0.2, 0.25) is 0 Å². The van der Waals surface area contributed by atoms with Crippen LogP contribution in [-0.2, 0) is 0 Å². The summed E-state index contributed by atoms with van der Waals surface area (Å²) in [7, 11) is 0. The topological polar surface area (TPSA) is 25.2 Å². The second-order valence-corrected chi connectivity index (χ2v) is 4.46. The summed E-state index contributed by atoms with van der Waals surface area (Å²) in [6, 6.07) is 4.02. The Morgan fingerprint density at radius 3 is 2.94 bits per heavy atom. The van der Waals surface area contributed by atoms with E-state index in [2.05, 4.69) is 47.3 Å². The van der Waals surface area contributed by atoms with E-state index in [1.807, 2.05) is 30.6 Å². The zero-order chi connectivity index (χ0) is 12.4. The fourth-order valence-electron chi connectivity index (χ4n) is 2.05. The molecule has 18 heavy (non-hydrogen) atoms. The van der Waals surface area contributed by atoms with Crippen molar-refractivity contribution in [3.05, 3.63) is 65.5 Å². The Hall–Kier alpha value is -2.22. The quantitative estimate of drug-likeness (QED) is 0.672. The van der Waals surface area contributed by atoms with Crippen molar-refractivity contribution in [1.29, 1.82) is 0 Å². The fraction of sp³-hybridized carbons (Fsp3) is 0.125. The lowest BCUT2D eigenvalue weighted by Crippen LogP contribution is -1.95. The van der Waals surface area contributed by atoms with Gasteiger partial charge < -0.3 is 0 Å². The minimum absolute atomic E-state index is 0.353. The van der Waals surface area contributed by atoms with E-state index in [-0.39, 0.29) is 0 Å². The van der Waals surface area contributed by atoms with Crippen LogP contribution in [0.1, 0.15) is 18.2 Å². The molecule has 88 valence electrons. The first kappa shape index (κ1) is 10.9. The minimum Gasteiger partial charge on any atom is -0.258 e. The van der Waals surface area contributed by atoms with Crippen LogP contribution in [-0.4, -0.2) is 11.2 Å². The second-order valence-electron chi connectivity index (χ2n) is 4.46. The molecule has 3 rings (SSSR count). The molecule has 2 heteroatoms. The fourth-order valence-corrected chi connectivity index (χ4v) is 2.05. The third-order valence-corrected chi connectivity index (χ3v) is 3.02. The van der Waals surface area contributed by atoms with Gasteiger partial charge in [0.25, 0.3) is 0 Å². The number of allylic oxidation sites excluding steroid dienone is 6. The maximum atomic E-state index is 4.61. The molecular formula is C16H14N2. The van der Waals surface area contributed by atoms with E-state index >= 15 is 0 Å². The molecule has 0 fully saturated rings. The molecule has 0 N–H and O–H groups in total. The number of aliphatic imine (C=N–C) groups is 1. The number of hydrogen-bond donors (Lipinski definition) is 0. The molecule has 0 amide bonds. The molecule has 2 heterocycles. The third-order valence-electron chi connectivity index (χ3n) is 3.02. The normalized spacial score (nSPS) is 22.8. The van der Waals surface area contributed by atoms with E-state index in [0.717, 1.165) is 22.5 Å². The number of fused-ring (bicyclic) bond motifs is 2. The molecule has 1 aliphatic carbocycles. The van der Waals surface area contributed by atoms with Crippen LogP contribution in [0.3, 0.4) is 0 Å². The highest BCUT2D eigenvalue weighted by atomic mass is 14.8. The first-order chi connectivity index (χ1) is 8.84. The number of pyridine rings is 1. The number of rotatable bonds is 0. The van der Waals surface area contributed by atoms with Crippen molar-refractivity contribution in [3.63, 3.8) is 0 Å². The maximum Gasteiger partial charge on any atom is 0.0964 e. The van der Waals surface area contributed by atoms with Crippen molar-refractivity contribution < 1.29 is 0 Å². The Labute approximate surface area is 107 Å². The van der Waals surface area contributed by atoms with E-state index in [4.69, 9.17) is 0 Å². The van der Waals surface area contributed by atoms with Crippen LogP contribution in [0.15, 0.2) is 59.3 Å². The summed E-state index contributed by atoms with van der Waals surface area (Å²) in [6.45, 7) is 2.13. The summed E-state index contributed by atoms with van der Waals surface area (Å²) in [6.07, 6.45) is 16.3. The SMILES string of the molecule is CC1C=CC2=C(N=C1)c1ncccc1/C=C/C=C2. The zero-order valence-electron chi connectivity index (χ0n) is 10.2. The molecule has 0 bridgehead atoms. The highest BCUT2D eigenvalue weighted by molar-refractivity contribution is 5.84. The van der Waals surface area contributed by atoms with Gasteiger partial charge in [0, 0.05) is 29.5 Å². The van der Waals surface area contributed by atoms with E-state index in [1.54, 1.807) is 0 Å². The molecule has 0 aromatic carbocycles. The predicted molar refractivity (Wildman–Crippen MR) is 76.1 cm³/mol. The zero-order valence-corrected chi connectivity index (χ0v) is 10.2. The van der Waals surface area contributed by atoms with Gasteiger partial charge in [-0.05, 0) is 6.07 Å². The Morgan fingerprint density at radius 2 is 2.00 bits per heavy atom. The van der Waals surface area contributed by atoms with Crippen LogP contribution in [0.5, 0.6) is 0 Å². The van der Waals surface area contributed by atoms with E-state index < -0.39 is 0 Å². The van der Waals surface area contributed by atoms with Gasteiger partial charge in [-0.15, -0.1) is 0 Å². The molecule has 1 atom stereocenters. The van der Waals surface area contributed by atoms with Gasteiger partial charge in [0.1, 0.15) is 0 Å². The monoisotopic (exact) mass is 234 g/mol. The molecule has 1 aromatic heterocycles. The Bertz CT molecular complexity index is 616. The van der Waals surface area contributed by atoms with Crippen molar-refractivity contribution >= 4 is 18.0 Å². The van der Waals surface area contributed by atoms with Crippen molar-refractivity contribution in [1.82, 2.24) is 4.98 Å². The highest BCUT2D eigenvalue weighted by Gasteiger charge is 2.13. The van der Waals surface area contributed by atoms with Crippen molar-refractivity contribution in [2.45, 2.75) is 6.92 Å². The third kappa shape index (κ3) is 1.97. The van der Waals surface area contributed by atoms with Crippen LogP contribution < -0.4 is 0 Å². The van der Waals surface area contributed by atoms with Crippen molar-refractivity contribution in [2.24, 2.45) is 10.9 Å². The maximum absolute atomic E-state index is 4.61. The number of nitrogens with zero attached hydrogens (tertiary/aromatic N) is 2. The van der Waals surface area contributed by atoms with Crippen LogP contribution >= 0.6 is 0 Å². The highest BCUT2D eigenvalue weighted by Crippen LogP contribution is 2.27. The van der Waals surface area contributed by atoms with Crippen LogP contribution in [0, 0.1) is 5.92 Å². The van der Waals surface area contributed by atoms with Gasteiger partial charge in [0.05, 0.1) is 11.4 Å². The number of aromatic nitrogens is 1. The smallest absolute Gasteiger partial charge is 0.0964 e. The molecule has 0 saturated heterocycles. The first-order valence-corrected chi connectivity index (χ1v) is 6.11. The number of hydrogen-bond acceptors (Lipinski definition) is 2. The van der Waals surface area contributed by atoms with Gasteiger partial charge in [-0.3, -0.25) is 9.98 Å². The van der Waals surface area contributed by atoms with Gasteiger partial charge >= 0.3 is 0 Å². The van der Waals surface area contributed by atoms with Gasteiger partial charge in [-0.1, -0.05) is 49.4 Å². The van der Waals surface area contributed by atoms with Crippen molar-refractivity contribution in [3.8, 4) is 0 Å². The predicted octanol–water partition coefficient (Wildman–Crippen LogP) is 3.65. The molecule has 1 unspecified atom stereocenters. The van der Waals surface area contributed by atoms with Crippen LogP contribution in [0.25, 0.3) is 11.8 Å². The standard InChI is InChI=1S/C16H14N2/c1-12-8-9-14-6-3-2-5-13-7-4-10-17-15(13)16(14)18-11-12/h2-12H,1H3/b3-2?,5-2+,6-3?,13-5?,14-6?,16-15?. The molecule has 1 aromatic rings. The summed E-state index contributed by atoms with van der Waals surface area (Å²) in [5.74, 6) is 0.353. The lowest BCUT2D eigenvalue weighted by Gasteiger charge is -2.09.